The lowest BCUT2D eigenvalue weighted by Crippen LogP contribution is -2.65. The fourth-order valence-electron chi connectivity index (χ4n) is 6.99. The zero-order valence-electron chi connectivity index (χ0n) is 27.1. The average molecular weight is 641 g/mol. The number of ether oxygens (including phenoxy) is 1. The minimum atomic E-state index is -0.939. The Morgan fingerprint density at radius 2 is 1.62 bits per heavy atom. The molecule has 2 N–H and O–H groups in total. The van der Waals surface area contributed by atoms with Crippen molar-refractivity contribution < 1.29 is 23.9 Å². The number of carbonyl (C=O) groups is 4. The molecule has 0 bridgehead atoms. The Balaban J connectivity index is 1.16. The lowest BCUT2D eigenvalue weighted by molar-refractivity contribution is -0.152. The molecule has 3 atom stereocenters. The van der Waals surface area contributed by atoms with Crippen LogP contribution in [0.3, 0.4) is 0 Å². The number of benzene rings is 2. The Kier molecular flexibility index (Phi) is 9.72. The molecule has 2 saturated heterocycles. The Morgan fingerprint density at radius 1 is 0.957 bits per heavy atom. The molecule has 1 aromatic heterocycles. The van der Waals surface area contributed by atoms with Gasteiger partial charge in [-0.1, -0.05) is 67.1 Å². The van der Waals surface area contributed by atoms with Crippen LogP contribution in [0, 0.1) is 17.3 Å². The normalized spacial score (nSPS) is 19.8. The Morgan fingerprint density at radius 3 is 2.26 bits per heavy atom. The number of nitrogens with zero attached hydrogens (tertiary/aromatic N) is 4. The maximum Gasteiger partial charge on any atom is 0.257 e. The summed E-state index contributed by atoms with van der Waals surface area (Å²) >= 11 is 0. The van der Waals surface area contributed by atoms with Crippen molar-refractivity contribution in [3.05, 3.63) is 89.7 Å². The lowest BCUT2D eigenvalue weighted by Gasteiger charge is -2.51. The number of carbonyl (C=O) groups excluding carboxylic acids is 4. The third-order valence-electron chi connectivity index (χ3n) is 10.0. The predicted molar refractivity (Wildman–Crippen MR) is 175 cm³/mol. The molecule has 1 aliphatic carbocycles. The maximum absolute atomic E-state index is 14.1. The number of nitrogens with one attached hydrogen (secondary N) is 2. The molecule has 47 heavy (non-hydrogen) atoms. The average Bonchev–Trinajstić information content (AvgIpc) is 3.69. The van der Waals surface area contributed by atoms with Crippen molar-refractivity contribution in [1.29, 1.82) is 0 Å². The summed E-state index contributed by atoms with van der Waals surface area (Å²) in [7, 11) is 1.53. The molecule has 0 radical (unpaired) electrons. The number of likely N-dealkylation sites (tertiary alicyclic amines) is 2. The minimum absolute atomic E-state index is 0.109. The highest BCUT2D eigenvalue weighted by Crippen LogP contribution is 2.45. The Labute approximate surface area is 275 Å². The van der Waals surface area contributed by atoms with E-state index in [0.717, 1.165) is 24.0 Å². The van der Waals surface area contributed by atoms with Crippen molar-refractivity contribution in [2.75, 3.05) is 33.2 Å². The number of likely N-dealkylation sites (N-methyl/N-ethyl adjacent to an activating group) is 1. The fourth-order valence-corrected chi connectivity index (χ4v) is 6.99. The molecule has 3 heterocycles. The first-order valence-electron chi connectivity index (χ1n) is 16.6. The predicted octanol–water partition coefficient (Wildman–Crippen LogP) is 2.86. The van der Waals surface area contributed by atoms with Crippen LogP contribution in [0.4, 0.5) is 0 Å². The van der Waals surface area contributed by atoms with Gasteiger partial charge in [-0.05, 0) is 36.8 Å². The van der Waals surface area contributed by atoms with Crippen molar-refractivity contribution in [3.63, 3.8) is 0 Å². The van der Waals surface area contributed by atoms with E-state index in [2.05, 4.69) is 15.7 Å². The topological polar surface area (TPSA) is 126 Å². The monoisotopic (exact) mass is 640 g/mol. The summed E-state index contributed by atoms with van der Waals surface area (Å²) in [6.07, 6.45) is 6.55. The first kappa shape index (κ1) is 32.4. The molecule has 11 heteroatoms. The van der Waals surface area contributed by atoms with Gasteiger partial charge in [0.1, 0.15) is 6.04 Å². The van der Waals surface area contributed by atoms with Gasteiger partial charge >= 0.3 is 0 Å². The molecular weight excluding hydrogens is 596 g/mol. The molecular formula is C36H44N6O5. The lowest BCUT2D eigenvalue weighted by atomic mass is 9.70. The van der Waals surface area contributed by atoms with Gasteiger partial charge in [-0.3, -0.25) is 23.9 Å². The first-order chi connectivity index (χ1) is 22.7. The Bertz CT molecular complexity index is 1570. The van der Waals surface area contributed by atoms with Gasteiger partial charge < -0.3 is 25.2 Å². The molecule has 11 nitrogen and oxygen atoms in total. The van der Waals surface area contributed by atoms with E-state index in [1.54, 1.807) is 28.9 Å². The number of aromatic nitrogens is 2. The number of hydrogen-bond donors (Lipinski definition) is 2. The zero-order chi connectivity index (χ0) is 33.0. The van der Waals surface area contributed by atoms with Crippen LogP contribution in [0.15, 0.2) is 73.1 Å². The smallest absolute Gasteiger partial charge is 0.257 e. The molecule has 1 saturated carbocycles. The quantitative estimate of drug-likeness (QED) is 0.314. The van der Waals surface area contributed by atoms with E-state index in [1.165, 1.54) is 13.5 Å². The van der Waals surface area contributed by atoms with Gasteiger partial charge in [0, 0.05) is 51.3 Å². The third-order valence-corrected chi connectivity index (χ3v) is 10.0. The zero-order valence-corrected chi connectivity index (χ0v) is 27.1. The molecule has 2 aliphatic heterocycles. The van der Waals surface area contributed by atoms with E-state index < -0.39 is 23.5 Å². The van der Waals surface area contributed by atoms with E-state index >= 15 is 0 Å². The van der Waals surface area contributed by atoms with Gasteiger partial charge in [0.2, 0.25) is 17.7 Å². The SMILES string of the molecule is CNC(=O)[C@@H](NC(=O)[C@@H]1CN(C(=O)c2cnn(Cc3ccccc3)c2)CC12CN(C(=O)CC1CCC1)C2)[C@@H](C)OCc1ccccc1. The van der Waals surface area contributed by atoms with Gasteiger partial charge in [-0.2, -0.15) is 5.10 Å². The molecule has 3 aromatic rings. The van der Waals surface area contributed by atoms with Crippen LogP contribution in [0.5, 0.6) is 0 Å². The van der Waals surface area contributed by atoms with Crippen LogP contribution in [0.25, 0.3) is 0 Å². The molecule has 3 fully saturated rings. The third kappa shape index (κ3) is 7.25. The number of rotatable bonds is 12. The summed E-state index contributed by atoms with van der Waals surface area (Å²) in [5.74, 6) is -0.950. The first-order valence-corrected chi connectivity index (χ1v) is 16.6. The van der Waals surface area contributed by atoms with E-state index in [4.69, 9.17) is 4.74 Å². The van der Waals surface area contributed by atoms with Crippen molar-refractivity contribution in [2.45, 2.75) is 57.9 Å². The molecule has 2 aromatic carbocycles. The summed E-state index contributed by atoms with van der Waals surface area (Å²) < 4.78 is 7.76. The van der Waals surface area contributed by atoms with E-state index in [0.29, 0.717) is 44.1 Å². The maximum atomic E-state index is 14.1. The molecule has 3 aliphatic rings. The van der Waals surface area contributed by atoms with E-state index in [-0.39, 0.29) is 36.8 Å². The number of hydrogen-bond acceptors (Lipinski definition) is 6. The number of amides is 4. The Hall–Kier alpha value is -4.51. The summed E-state index contributed by atoms with van der Waals surface area (Å²) in [6, 6.07) is 18.6. The van der Waals surface area contributed by atoms with Crippen molar-refractivity contribution >= 4 is 23.6 Å². The van der Waals surface area contributed by atoms with Crippen LogP contribution >= 0.6 is 0 Å². The fraction of sp³-hybridized carbons (Fsp3) is 0.472. The van der Waals surface area contributed by atoms with Gasteiger partial charge in [-0.15, -0.1) is 0 Å². The van der Waals surface area contributed by atoms with E-state index in [1.807, 2.05) is 65.6 Å². The van der Waals surface area contributed by atoms with E-state index in [9.17, 15) is 19.2 Å². The molecule has 248 valence electrons. The second-order valence-corrected chi connectivity index (χ2v) is 13.4. The van der Waals surface area contributed by atoms with Crippen molar-refractivity contribution in [2.24, 2.45) is 17.3 Å². The second-order valence-electron chi connectivity index (χ2n) is 13.4. The molecule has 0 unspecified atom stereocenters. The van der Waals surface area contributed by atoms with Crippen LogP contribution < -0.4 is 10.6 Å². The molecule has 1 spiro atoms. The largest absolute Gasteiger partial charge is 0.371 e. The molecule has 4 amide bonds. The summed E-state index contributed by atoms with van der Waals surface area (Å²) in [6.45, 7) is 3.91. The van der Waals surface area contributed by atoms with Crippen LogP contribution in [-0.2, 0) is 32.3 Å². The highest BCUT2D eigenvalue weighted by molar-refractivity contribution is 5.95. The van der Waals surface area contributed by atoms with Gasteiger partial charge in [0.05, 0.1) is 36.9 Å². The van der Waals surface area contributed by atoms with Crippen molar-refractivity contribution in [1.82, 2.24) is 30.2 Å². The minimum Gasteiger partial charge on any atom is -0.371 e. The van der Waals surface area contributed by atoms with Crippen LogP contribution in [0.2, 0.25) is 0 Å². The summed E-state index contributed by atoms with van der Waals surface area (Å²) in [4.78, 5) is 57.5. The summed E-state index contributed by atoms with van der Waals surface area (Å²) in [5.41, 5.74) is 1.87. The van der Waals surface area contributed by atoms with Crippen LogP contribution in [-0.4, -0.2) is 88.6 Å². The highest BCUT2D eigenvalue weighted by Gasteiger charge is 2.59. The molecule has 6 rings (SSSR count). The second kappa shape index (κ2) is 14.1. The van der Waals surface area contributed by atoms with Gasteiger partial charge in [0.15, 0.2) is 0 Å². The standard InChI is InChI=1S/C36H44N6O5/c1-25(47-21-28-12-7-4-8-13-28)32(34(45)37-2)39-33(44)30-20-40(22-36(30)23-41(24-36)31(43)16-26-14-9-15-26)35(46)29-17-38-42(19-29)18-27-10-5-3-6-11-27/h3-8,10-13,17,19,25-26,30,32H,9,14-16,18,20-24H2,1-2H3,(H,37,45)(H,39,44)/t25-,30+,32+/m1/s1. The van der Waals surface area contributed by atoms with Crippen molar-refractivity contribution in [3.8, 4) is 0 Å². The van der Waals surface area contributed by atoms with Gasteiger partial charge in [0.25, 0.3) is 5.91 Å². The van der Waals surface area contributed by atoms with Gasteiger partial charge in [-0.25, -0.2) is 0 Å². The summed E-state index contributed by atoms with van der Waals surface area (Å²) in [5, 5.41) is 10.0. The highest BCUT2D eigenvalue weighted by atomic mass is 16.5. The van der Waals surface area contributed by atoms with Crippen LogP contribution in [0.1, 0.15) is 54.1 Å².